The number of aromatic nitrogens is 3. The number of carbonyl (C=O) groups is 1. The summed E-state index contributed by atoms with van der Waals surface area (Å²) in [5.74, 6) is 0. The van der Waals surface area contributed by atoms with Gasteiger partial charge in [-0.25, -0.2) is 9.48 Å². The highest BCUT2D eigenvalue weighted by molar-refractivity contribution is 5.88. The maximum absolute atomic E-state index is 13.0. The minimum atomic E-state index is -0.574. The third-order valence-electron chi connectivity index (χ3n) is 6.82. The lowest BCUT2D eigenvalue weighted by atomic mass is 10.0. The SMILES string of the molecule is CC[C@@H]1CN(c2cc(=O)n(C)c3cn(C4CCCCO4)nc23)[C@@H](COC)CN1C(=O)OC(C)(C)C. The fourth-order valence-corrected chi connectivity index (χ4v) is 4.98. The Morgan fingerprint density at radius 2 is 2.00 bits per heavy atom. The molecule has 4 heterocycles. The minimum absolute atomic E-state index is 0.0687. The number of hydrogen-bond acceptors (Lipinski definition) is 7. The van der Waals surface area contributed by atoms with Crippen molar-refractivity contribution < 1.29 is 19.0 Å². The summed E-state index contributed by atoms with van der Waals surface area (Å²) in [7, 11) is 3.42. The van der Waals surface area contributed by atoms with Gasteiger partial charge in [0, 0.05) is 39.9 Å². The van der Waals surface area contributed by atoms with Gasteiger partial charge in [0.1, 0.15) is 17.3 Å². The highest BCUT2D eigenvalue weighted by Crippen LogP contribution is 2.32. The van der Waals surface area contributed by atoms with E-state index in [1.165, 1.54) is 0 Å². The number of methoxy groups -OCH3 is 1. The van der Waals surface area contributed by atoms with Gasteiger partial charge in [-0.05, 0) is 46.5 Å². The molecule has 3 atom stereocenters. The zero-order valence-electron chi connectivity index (χ0n) is 21.8. The van der Waals surface area contributed by atoms with Crippen LogP contribution in [0.4, 0.5) is 10.5 Å². The van der Waals surface area contributed by atoms with Gasteiger partial charge in [-0.3, -0.25) is 4.79 Å². The Bertz CT molecular complexity index is 1100. The van der Waals surface area contributed by atoms with Gasteiger partial charge in [0.15, 0.2) is 0 Å². The lowest BCUT2D eigenvalue weighted by Crippen LogP contribution is -2.62. The molecular formula is C25H39N5O5. The summed E-state index contributed by atoms with van der Waals surface area (Å²) < 4.78 is 20.7. The minimum Gasteiger partial charge on any atom is -0.444 e. The molecule has 2 aromatic heterocycles. The molecule has 0 radical (unpaired) electrons. The normalized spacial score (nSPS) is 23.7. The van der Waals surface area contributed by atoms with E-state index in [0.717, 1.165) is 42.4 Å². The maximum atomic E-state index is 13.0. The number of carbonyl (C=O) groups excluding carboxylic acids is 1. The lowest BCUT2D eigenvalue weighted by Gasteiger charge is -2.47. The van der Waals surface area contributed by atoms with Gasteiger partial charge in [-0.1, -0.05) is 6.92 Å². The molecule has 35 heavy (non-hydrogen) atoms. The quantitative estimate of drug-likeness (QED) is 0.637. The molecule has 2 fully saturated rings. The first kappa shape index (κ1) is 25.5. The van der Waals surface area contributed by atoms with E-state index >= 15 is 0 Å². The molecule has 2 aliphatic rings. The second-order valence-corrected chi connectivity index (χ2v) is 10.5. The number of pyridine rings is 1. The first-order chi connectivity index (χ1) is 16.6. The molecule has 0 spiro atoms. The van der Waals surface area contributed by atoms with E-state index in [9.17, 15) is 9.59 Å². The molecular weight excluding hydrogens is 450 g/mol. The predicted molar refractivity (Wildman–Crippen MR) is 134 cm³/mol. The average Bonchev–Trinajstić information content (AvgIpc) is 3.27. The molecule has 1 unspecified atom stereocenters. The van der Waals surface area contributed by atoms with Crippen LogP contribution < -0.4 is 10.5 Å². The van der Waals surface area contributed by atoms with E-state index in [1.54, 1.807) is 29.7 Å². The summed E-state index contributed by atoms with van der Waals surface area (Å²) in [4.78, 5) is 30.0. The Hall–Kier alpha value is -2.59. The number of ether oxygens (including phenoxy) is 3. The van der Waals surface area contributed by atoms with Crippen molar-refractivity contribution in [3.8, 4) is 0 Å². The van der Waals surface area contributed by atoms with Gasteiger partial charge >= 0.3 is 6.09 Å². The summed E-state index contributed by atoms with van der Waals surface area (Å²) >= 11 is 0. The van der Waals surface area contributed by atoms with Gasteiger partial charge in [-0.2, -0.15) is 5.10 Å². The van der Waals surface area contributed by atoms with Crippen molar-refractivity contribution in [3.05, 3.63) is 22.6 Å². The third-order valence-corrected chi connectivity index (χ3v) is 6.82. The molecule has 1 amide bonds. The Morgan fingerprint density at radius 1 is 1.23 bits per heavy atom. The van der Waals surface area contributed by atoms with Crippen molar-refractivity contribution in [1.29, 1.82) is 0 Å². The van der Waals surface area contributed by atoms with Crippen LogP contribution in [-0.2, 0) is 21.3 Å². The first-order valence-electron chi connectivity index (χ1n) is 12.6. The van der Waals surface area contributed by atoms with Gasteiger partial charge in [0.25, 0.3) is 5.56 Å². The molecule has 0 aromatic carbocycles. The average molecular weight is 490 g/mol. The van der Waals surface area contributed by atoms with E-state index in [0.29, 0.717) is 26.3 Å². The van der Waals surface area contributed by atoms with Crippen LogP contribution in [0.15, 0.2) is 17.1 Å². The Labute approximate surface area is 206 Å². The van der Waals surface area contributed by atoms with Crippen LogP contribution in [-0.4, -0.2) is 76.4 Å². The summed E-state index contributed by atoms with van der Waals surface area (Å²) in [5.41, 5.74) is 1.61. The van der Waals surface area contributed by atoms with Crippen molar-refractivity contribution in [2.24, 2.45) is 7.05 Å². The molecule has 0 N–H and O–H groups in total. The van der Waals surface area contributed by atoms with Crippen molar-refractivity contribution in [3.63, 3.8) is 0 Å². The molecule has 10 nitrogen and oxygen atoms in total. The maximum Gasteiger partial charge on any atom is 0.410 e. The number of fused-ring (bicyclic) bond motifs is 1. The molecule has 0 bridgehead atoms. The molecule has 2 aliphatic heterocycles. The summed E-state index contributed by atoms with van der Waals surface area (Å²) in [6.45, 7) is 9.79. The smallest absolute Gasteiger partial charge is 0.410 e. The number of piperazine rings is 1. The molecule has 4 rings (SSSR count). The Kier molecular flexibility index (Phi) is 7.42. The zero-order chi connectivity index (χ0) is 25.3. The number of nitrogens with zero attached hydrogens (tertiary/aromatic N) is 5. The molecule has 2 aromatic rings. The number of anilines is 1. The van der Waals surface area contributed by atoms with Crippen LogP contribution in [0, 0.1) is 0 Å². The zero-order valence-corrected chi connectivity index (χ0v) is 21.8. The number of amides is 1. The van der Waals surface area contributed by atoms with Crippen molar-refractivity contribution in [2.45, 2.75) is 77.3 Å². The van der Waals surface area contributed by atoms with Crippen molar-refractivity contribution in [2.75, 3.05) is 38.3 Å². The highest BCUT2D eigenvalue weighted by atomic mass is 16.6. The van der Waals surface area contributed by atoms with E-state index in [4.69, 9.17) is 19.3 Å². The van der Waals surface area contributed by atoms with E-state index in [-0.39, 0.29) is 30.0 Å². The van der Waals surface area contributed by atoms with E-state index in [2.05, 4.69) is 11.8 Å². The summed E-state index contributed by atoms with van der Waals surface area (Å²) in [6, 6.07) is 1.43. The standard InChI is InChI=1S/C25H39N5O5/c1-7-17-13-28(18(16-33-6)14-29(17)24(32)35-25(2,3)4)19-12-21(31)27(5)20-15-30(26-23(19)20)22-10-8-9-11-34-22/h12,15,17-18,22H,7-11,13-14,16H2,1-6H3/t17-,18-,22?/m1/s1. The van der Waals surface area contributed by atoms with Crippen LogP contribution >= 0.6 is 0 Å². The van der Waals surface area contributed by atoms with Gasteiger partial charge in [0.2, 0.25) is 0 Å². The third kappa shape index (κ3) is 5.33. The topological polar surface area (TPSA) is 91.1 Å². The molecule has 10 heteroatoms. The van der Waals surface area contributed by atoms with Gasteiger partial charge < -0.3 is 28.6 Å². The number of aryl methyl sites for hydroxylation is 1. The Balaban J connectivity index is 1.73. The Morgan fingerprint density at radius 3 is 2.63 bits per heavy atom. The van der Waals surface area contributed by atoms with E-state index in [1.807, 2.05) is 31.6 Å². The van der Waals surface area contributed by atoms with Gasteiger partial charge in [0.05, 0.1) is 36.1 Å². The largest absolute Gasteiger partial charge is 0.444 e. The van der Waals surface area contributed by atoms with Crippen molar-refractivity contribution >= 4 is 22.8 Å². The highest BCUT2D eigenvalue weighted by Gasteiger charge is 2.39. The molecule has 0 aliphatic carbocycles. The number of rotatable bonds is 5. The van der Waals surface area contributed by atoms with E-state index < -0.39 is 5.60 Å². The predicted octanol–water partition coefficient (Wildman–Crippen LogP) is 3.28. The molecule has 2 saturated heterocycles. The summed E-state index contributed by atoms with van der Waals surface area (Å²) in [6.07, 6.45) is 5.27. The summed E-state index contributed by atoms with van der Waals surface area (Å²) in [5, 5.41) is 4.91. The van der Waals surface area contributed by atoms with Crippen LogP contribution in [0.1, 0.15) is 59.6 Å². The van der Waals surface area contributed by atoms with Crippen LogP contribution in [0.5, 0.6) is 0 Å². The van der Waals surface area contributed by atoms with Crippen molar-refractivity contribution in [1.82, 2.24) is 19.2 Å². The van der Waals surface area contributed by atoms with Crippen LogP contribution in [0.3, 0.4) is 0 Å². The molecule has 194 valence electrons. The van der Waals surface area contributed by atoms with Gasteiger partial charge in [-0.15, -0.1) is 0 Å². The monoisotopic (exact) mass is 489 g/mol. The number of hydrogen-bond donors (Lipinski definition) is 0. The lowest BCUT2D eigenvalue weighted by molar-refractivity contribution is -0.0391. The van der Waals surface area contributed by atoms with Crippen LogP contribution in [0.2, 0.25) is 0 Å². The fraction of sp³-hybridized carbons (Fsp3) is 0.720. The second-order valence-electron chi connectivity index (χ2n) is 10.5. The second kappa shape index (κ2) is 10.2. The fourth-order valence-electron chi connectivity index (χ4n) is 4.98. The van der Waals surface area contributed by atoms with Crippen LogP contribution in [0.25, 0.3) is 11.0 Å². The molecule has 0 saturated carbocycles. The first-order valence-corrected chi connectivity index (χ1v) is 12.6.